The quantitative estimate of drug-likeness (QED) is 0.152. The van der Waals surface area contributed by atoms with Crippen molar-refractivity contribution in [2.45, 2.75) is 99.3 Å². The molecule has 4 heterocycles. The van der Waals surface area contributed by atoms with Crippen LogP contribution < -0.4 is 21.7 Å². The number of para-hydroxylation sites is 4. The summed E-state index contributed by atoms with van der Waals surface area (Å²) >= 11 is 7.52. The molecule has 0 saturated carbocycles. The van der Waals surface area contributed by atoms with Crippen LogP contribution in [0.3, 0.4) is 0 Å². The topological polar surface area (TPSA) is 193 Å². The first-order chi connectivity index (χ1) is 73.2. The van der Waals surface area contributed by atoms with Crippen molar-refractivity contribution in [2.24, 2.45) is 0 Å². The average Bonchev–Trinajstić information content (AvgIpc) is 0.755. The maximum Gasteiger partial charge on any atom is 0.200 e. The second-order valence-electron chi connectivity index (χ2n) is 37.8. The number of ketones is 5. The third-order valence-corrected chi connectivity index (χ3v) is 29.7. The number of rotatable bonds is 4. The molecule has 5 aliphatic rings. The number of hydrogen-bond acceptors (Lipinski definition) is 13. The van der Waals surface area contributed by atoms with Gasteiger partial charge in [0.1, 0.15) is 33.5 Å². The Balaban J connectivity index is 0.000000102. The van der Waals surface area contributed by atoms with Crippen LogP contribution in [0.1, 0.15) is 196 Å². The van der Waals surface area contributed by atoms with Crippen LogP contribution in [0, 0.1) is 13.8 Å². The van der Waals surface area contributed by atoms with Crippen molar-refractivity contribution in [3.63, 3.8) is 0 Å². The van der Waals surface area contributed by atoms with Crippen LogP contribution in [0.25, 0.3) is 96.8 Å². The summed E-state index contributed by atoms with van der Waals surface area (Å²) in [6, 6.07) is 130. The summed E-state index contributed by atoms with van der Waals surface area (Å²) in [6.07, 6.45) is 8.23. The molecule has 14 heteroatoms. The van der Waals surface area contributed by atoms with Crippen molar-refractivity contribution >= 4 is 149 Å². The van der Waals surface area contributed by atoms with E-state index in [4.69, 9.17) is 24.9 Å². The Morgan fingerprint density at radius 3 is 1.03 bits per heavy atom. The minimum atomic E-state index is 0.0347. The highest BCUT2D eigenvalue weighted by molar-refractivity contribution is 7.24. The number of halogens is 1. The SMILES string of the molecule is CCc1cc(CC)c2c(c1)C(=O)c1ccccc1C2.CCc1ccc2c(c1)C(=O)c1ccccc1C2.CCc1ccc2oc3ccccc3c(=O)c2c1.Cc1ccc2c(c1)C(=O)c1ccccc1C2.Cc1ccc2oc3ccccc3c(=O)c2c1.O=C1c2ccccc2Cc2c1ccc1ccccc21.O=C1c2ccccc2Cc2ccccc21.O=c1c2ccccc2oc2ccccc12.O=c1c2ccccc2sc2ccc(Cl)cc12. The second-order valence-corrected chi connectivity index (χ2v) is 39.3. The van der Waals surface area contributed by atoms with E-state index in [1.54, 1.807) is 41.7 Å². The van der Waals surface area contributed by atoms with E-state index in [0.717, 1.165) is 184 Å². The first kappa shape index (κ1) is 99.7. The van der Waals surface area contributed by atoms with Gasteiger partial charge in [0.15, 0.2) is 34.3 Å². The Kier molecular flexibility index (Phi) is 29.5. The van der Waals surface area contributed by atoms with Crippen LogP contribution in [0.4, 0.5) is 0 Å². The molecule has 19 aromatic carbocycles. The normalized spacial score (nSPS) is 12.2. The molecular formula is C136H103ClO12S. The maximum atomic E-state index is 12.6. The smallest absolute Gasteiger partial charge is 0.200 e. The van der Waals surface area contributed by atoms with Gasteiger partial charge in [-0.3, -0.25) is 43.2 Å². The van der Waals surface area contributed by atoms with E-state index in [0.29, 0.717) is 76.2 Å². The summed E-state index contributed by atoms with van der Waals surface area (Å²) < 4.78 is 19.0. The van der Waals surface area contributed by atoms with E-state index in [-0.39, 0.29) is 50.6 Å². The van der Waals surface area contributed by atoms with Crippen LogP contribution in [0.15, 0.2) is 439 Å². The molecule has 0 fully saturated rings. The Bertz CT molecular complexity index is 9350. The van der Waals surface area contributed by atoms with Crippen LogP contribution in [0.5, 0.6) is 0 Å². The van der Waals surface area contributed by atoms with Crippen molar-refractivity contribution in [1.29, 1.82) is 0 Å². The van der Waals surface area contributed by atoms with E-state index >= 15 is 0 Å². The lowest BCUT2D eigenvalue weighted by Crippen LogP contribution is -2.17. The summed E-state index contributed by atoms with van der Waals surface area (Å²) in [4.78, 5) is 111. The van der Waals surface area contributed by atoms with Gasteiger partial charge in [0, 0.05) is 80.8 Å². The zero-order valence-corrected chi connectivity index (χ0v) is 85.3. The number of benzene rings is 19. The molecule has 0 atom stereocenters. The summed E-state index contributed by atoms with van der Waals surface area (Å²) in [5.74, 6) is 0.856. The minimum absolute atomic E-state index is 0.0347. The third kappa shape index (κ3) is 20.7. The van der Waals surface area contributed by atoms with Gasteiger partial charge in [-0.05, 0) is 282 Å². The highest BCUT2D eigenvalue weighted by atomic mass is 35.5. The van der Waals surface area contributed by atoms with Crippen molar-refractivity contribution in [3.05, 3.63) is 597 Å². The number of carbonyl (C=O) groups excluding carboxylic acids is 5. The summed E-state index contributed by atoms with van der Waals surface area (Å²) in [5.41, 5.74) is 31.6. The molecule has 0 radical (unpaired) electrons. The Morgan fingerprint density at radius 2 is 0.547 bits per heavy atom. The Morgan fingerprint density at radius 1 is 0.220 bits per heavy atom. The van der Waals surface area contributed by atoms with E-state index in [1.807, 2.05) is 329 Å². The van der Waals surface area contributed by atoms with Crippen LogP contribution in [0.2, 0.25) is 5.02 Å². The molecule has 23 aromatic rings. The van der Waals surface area contributed by atoms with Gasteiger partial charge in [-0.2, -0.15) is 0 Å². The van der Waals surface area contributed by atoms with Gasteiger partial charge < -0.3 is 13.3 Å². The molecule has 0 N–H and O–H groups in total. The van der Waals surface area contributed by atoms with Crippen molar-refractivity contribution in [3.8, 4) is 0 Å². The standard InChI is InChI=1S/C18H12O.C18H18O.C16H14O.C15H12O2.C15H12O.C14H10O2.C14H10O.C13H7ClOS.C13H8O2/c19-18-15-8-4-2-6-13(15)11-17-14-7-3-1-5-12(14)9-10-16(17)18;1-3-12-9-13(4-2)16-11-14-7-5-6-8-15(14)18(19)17(16)10-12;1-2-11-7-8-13-10-12-5-3-4-6-14(12)16(17)15(13)9-11;1-2-10-7-8-14-12(9-10)15(16)11-5-3-4-6-13(11)17-14;1-10-6-7-12-9-11-4-2-3-5-13(11)15(16)14(12)8-10;1-9-6-7-13-11(8-9)14(15)10-4-2-3-5-12(10)16-13;15-14-12-7-3-1-5-10(12)9-11-6-2-4-8-13(11)14;14-8-5-6-12-10(7-8)13(15)9-3-1-2-4-11(9)16-12;14-13-9-5-1-3-7-11(9)15-12-8-4-2-6-10(12)13/h1-10H,11H2;5-10H,3-4,11H2,1-2H3;3-9H,2,10H2,1H3;3-9H,2H2,1H3;2-8H,9H2,1H3;2-8H,1H3;1-8H,9H2;1-7H;1-8H. The van der Waals surface area contributed by atoms with Gasteiger partial charge >= 0.3 is 0 Å². The number of aryl methyl sites for hydroxylation is 6. The van der Waals surface area contributed by atoms with Crippen LogP contribution in [-0.2, 0) is 57.8 Å². The average molecular weight is 2000 g/mol. The fourth-order valence-electron chi connectivity index (χ4n) is 20.3. The van der Waals surface area contributed by atoms with Crippen LogP contribution in [-0.4, -0.2) is 28.9 Å². The number of hydrogen-bond donors (Lipinski definition) is 0. The van der Waals surface area contributed by atoms with Gasteiger partial charge in [0.2, 0.25) is 16.3 Å². The van der Waals surface area contributed by atoms with Crippen LogP contribution >= 0.6 is 22.9 Å². The van der Waals surface area contributed by atoms with E-state index in [9.17, 15) is 43.2 Å². The lowest BCUT2D eigenvalue weighted by Gasteiger charge is -2.22. The molecule has 150 heavy (non-hydrogen) atoms. The Labute approximate surface area is 875 Å². The lowest BCUT2D eigenvalue weighted by atomic mass is 9.81. The van der Waals surface area contributed by atoms with Gasteiger partial charge in [-0.25, -0.2) is 0 Å². The summed E-state index contributed by atoms with van der Waals surface area (Å²) in [6.45, 7) is 12.5. The van der Waals surface area contributed by atoms with Gasteiger partial charge in [-0.1, -0.05) is 336 Å². The number of carbonyl (C=O) groups is 5. The van der Waals surface area contributed by atoms with Crippen molar-refractivity contribution in [1.82, 2.24) is 0 Å². The maximum absolute atomic E-state index is 12.6. The monoisotopic (exact) mass is 1990 g/mol. The molecule has 0 bridgehead atoms. The predicted molar refractivity (Wildman–Crippen MR) is 611 cm³/mol. The van der Waals surface area contributed by atoms with Gasteiger partial charge in [0.05, 0.1) is 32.3 Å². The Hall–Kier alpha value is -17.6. The van der Waals surface area contributed by atoms with Gasteiger partial charge in [-0.15, -0.1) is 11.3 Å². The van der Waals surface area contributed by atoms with Crippen molar-refractivity contribution in [2.75, 3.05) is 0 Å². The lowest BCUT2D eigenvalue weighted by molar-refractivity contribution is 0.102. The molecule has 0 unspecified atom stereocenters. The molecule has 732 valence electrons. The van der Waals surface area contributed by atoms with E-state index < -0.39 is 0 Å². The van der Waals surface area contributed by atoms with Gasteiger partial charge in [0.25, 0.3) is 0 Å². The van der Waals surface area contributed by atoms with Crippen molar-refractivity contribution < 1.29 is 37.2 Å². The van der Waals surface area contributed by atoms with E-state index in [2.05, 4.69) is 88.4 Å². The van der Waals surface area contributed by atoms with E-state index in [1.165, 1.54) is 44.2 Å². The minimum Gasteiger partial charge on any atom is -0.456 e. The second kappa shape index (κ2) is 44.4. The molecule has 12 nitrogen and oxygen atoms in total. The highest BCUT2D eigenvalue weighted by Crippen LogP contribution is 2.38. The zero-order chi connectivity index (χ0) is 104. The zero-order valence-electron chi connectivity index (χ0n) is 83.7. The third-order valence-electron chi connectivity index (χ3n) is 28.3. The summed E-state index contributed by atoms with van der Waals surface area (Å²) in [5, 5.41) is 8.35. The fourth-order valence-corrected chi connectivity index (χ4v) is 21.6. The first-order valence-electron chi connectivity index (χ1n) is 50.6. The number of fused-ring (bicyclic) bond motifs is 20. The fraction of sp³-hybridized carbons (Fsp3) is 0.110. The summed E-state index contributed by atoms with van der Waals surface area (Å²) in [7, 11) is 0. The molecule has 4 aromatic heterocycles. The molecule has 5 aliphatic carbocycles. The highest BCUT2D eigenvalue weighted by Gasteiger charge is 2.30. The largest absolute Gasteiger partial charge is 0.456 e. The molecule has 0 spiro atoms. The molecule has 0 saturated heterocycles. The molecule has 0 amide bonds. The molecular weight excluding hydrogens is 1890 g/mol. The molecule has 28 rings (SSSR count). The first-order valence-corrected chi connectivity index (χ1v) is 51.8. The molecule has 0 aliphatic heterocycles. The predicted octanol–water partition coefficient (Wildman–Crippen LogP) is 31.0.